The summed E-state index contributed by atoms with van der Waals surface area (Å²) < 4.78 is 14.5. The molecule has 1 aromatic rings. The Balaban J connectivity index is 2.15. The molecule has 92 valence electrons. The van der Waals surface area contributed by atoms with Crippen molar-refractivity contribution >= 4 is 33.1 Å². The first-order chi connectivity index (χ1) is 8.08. The van der Waals surface area contributed by atoms with E-state index in [0.29, 0.717) is 17.1 Å². The lowest BCUT2D eigenvalue weighted by atomic mass is 10.1. The number of nitrogens with two attached hydrogens (primary N) is 1. The van der Waals surface area contributed by atoms with Crippen molar-refractivity contribution in [2.24, 2.45) is 5.73 Å². The van der Waals surface area contributed by atoms with E-state index in [1.807, 2.05) is 6.07 Å². The Labute approximate surface area is 114 Å². The van der Waals surface area contributed by atoms with Gasteiger partial charge in [-0.05, 0) is 37.6 Å². The molecule has 1 saturated heterocycles. The van der Waals surface area contributed by atoms with E-state index in [9.17, 15) is 4.39 Å². The molecule has 0 bridgehead atoms. The Kier molecular flexibility index (Phi) is 4.12. The molecule has 0 spiro atoms. The van der Waals surface area contributed by atoms with E-state index < -0.39 is 0 Å². The molecule has 1 fully saturated rings. The topological polar surface area (TPSA) is 29.3 Å². The normalized spacial score (nSPS) is 20.7. The highest BCUT2D eigenvalue weighted by Crippen LogP contribution is 2.23. The summed E-state index contributed by atoms with van der Waals surface area (Å²) in [7, 11) is 0. The smallest absolute Gasteiger partial charge is 0.127 e. The zero-order chi connectivity index (χ0) is 12.4. The quantitative estimate of drug-likeness (QED) is 0.869. The molecule has 2 nitrogen and oxygen atoms in total. The molecule has 1 atom stereocenters. The number of likely N-dealkylation sites (tertiary alicyclic amines) is 1. The lowest BCUT2D eigenvalue weighted by Crippen LogP contribution is -2.38. The van der Waals surface area contributed by atoms with Crippen molar-refractivity contribution in [3.63, 3.8) is 0 Å². The molecule has 17 heavy (non-hydrogen) atoms. The molecule has 2 rings (SSSR count). The first-order valence-corrected chi connectivity index (χ1v) is 6.75. The van der Waals surface area contributed by atoms with E-state index in [0.717, 1.165) is 23.9 Å². The highest BCUT2D eigenvalue weighted by molar-refractivity contribution is 9.10. The lowest BCUT2D eigenvalue weighted by Gasteiger charge is -2.23. The third-order valence-corrected chi connectivity index (χ3v) is 3.84. The van der Waals surface area contributed by atoms with Gasteiger partial charge < -0.3 is 5.73 Å². The van der Waals surface area contributed by atoms with Gasteiger partial charge >= 0.3 is 0 Å². The van der Waals surface area contributed by atoms with Crippen LogP contribution in [-0.2, 0) is 6.54 Å². The van der Waals surface area contributed by atoms with Crippen LogP contribution >= 0.6 is 28.1 Å². The summed E-state index contributed by atoms with van der Waals surface area (Å²) in [4.78, 5) is 2.66. The van der Waals surface area contributed by atoms with Crippen LogP contribution in [-0.4, -0.2) is 22.5 Å². The van der Waals surface area contributed by atoms with Gasteiger partial charge in [0, 0.05) is 16.6 Å². The van der Waals surface area contributed by atoms with Crippen LogP contribution in [0.1, 0.15) is 18.4 Å². The molecule has 0 radical (unpaired) electrons. The largest absolute Gasteiger partial charge is 0.392 e. The van der Waals surface area contributed by atoms with Gasteiger partial charge in [0.1, 0.15) is 5.82 Å². The van der Waals surface area contributed by atoms with Crippen LogP contribution in [0.25, 0.3) is 0 Å². The second-order valence-electron chi connectivity index (χ2n) is 4.27. The number of hydrogen-bond acceptors (Lipinski definition) is 2. The SMILES string of the molecule is NC(=S)C1CCCN1Cc1cc(Br)ccc1F. The van der Waals surface area contributed by atoms with Crippen LogP contribution < -0.4 is 5.73 Å². The van der Waals surface area contributed by atoms with Crippen LogP contribution in [0.5, 0.6) is 0 Å². The predicted octanol–water partition coefficient (Wildman–Crippen LogP) is 2.84. The first kappa shape index (κ1) is 12.9. The second-order valence-corrected chi connectivity index (χ2v) is 5.65. The minimum atomic E-state index is -0.179. The molecule has 1 unspecified atom stereocenters. The maximum absolute atomic E-state index is 13.6. The van der Waals surface area contributed by atoms with E-state index in [1.165, 1.54) is 6.07 Å². The predicted molar refractivity (Wildman–Crippen MR) is 74.3 cm³/mol. The summed E-state index contributed by atoms with van der Waals surface area (Å²) in [6.45, 7) is 1.49. The molecular formula is C12H14BrFN2S. The minimum absolute atomic E-state index is 0.114. The third-order valence-electron chi connectivity index (χ3n) is 3.07. The monoisotopic (exact) mass is 316 g/mol. The summed E-state index contributed by atoms with van der Waals surface area (Å²) in [6.07, 6.45) is 2.04. The maximum atomic E-state index is 13.6. The number of hydrogen-bond donors (Lipinski definition) is 1. The molecule has 0 aliphatic carbocycles. The first-order valence-electron chi connectivity index (χ1n) is 5.55. The number of nitrogens with zero attached hydrogens (tertiary/aromatic N) is 1. The van der Waals surface area contributed by atoms with Crippen LogP contribution in [0.3, 0.4) is 0 Å². The molecule has 1 aliphatic rings. The Morgan fingerprint density at radius 1 is 1.59 bits per heavy atom. The Morgan fingerprint density at radius 2 is 2.35 bits per heavy atom. The average molecular weight is 317 g/mol. The standard InChI is InChI=1S/C12H14BrFN2S/c13-9-3-4-10(14)8(6-9)7-16-5-1-2-11(16)12(15)17/h3-4,6,11H,1-2,5,7H2,(H2,15,17). The van der Waals surface area contributed by atoms with Gasteiger partial charge in [-0.1, -0.05) is 28.1 Å². The van der Waals surface area contributed by atoms with Crippen molar-refractivity contribution in [1.82, 2.24) is 4.90 Å². The van der Waals surface area contributed by atoms with Gasteiger partial charge in [0.2, 0.25) is 0 Å². The van der Waals surface area contributed by atoms with Crippen LogP contribution in [0, 0.1) is 5.82 Å². The van der Waals surface area contributed by atoms with Crippen LogP contribution in [0.2, 0.25) is 0 Å². The molecular weight excluding hydrogens is 303 g/mol. The fraction of sp³-hybridized carbons (Fsp3) is 0.417. The van der Waals surface area contributed by atoms with Crippen LogP contribution in [0.4, 0.5) is 4.39 Å². The number of benzene rings is 1. The average Bonchev–Trinajstić information content (AvgIpc) is 2.71. The van der Waals surface area contributed by atoms with Crippen molar-refractivity contribution < 1.29 is 4.39 Å². The van der Waals surface area contributed by atoms with Crippen LogP contribution in [0.15, 0.2) is 22.7 Å². The lowest BCUT2D eigenvalue weighted by molar-refractivity contribution is 0.290. The summed E-state index contributed by atoms with van der Waals surface area (Å²) in [6, 6.07) is 5.10. The minimum Gasteiger partial charge on any atom is -0.392 e. The molecule has 5 heteroatoms. The summed E-state index contributed by atoms with van der Waals surface area (Å²) in [5.74, 6) is -0.179. The van der Waals surface area contributed by atoms with Crippen molar-refractivity contribution in [1.29, 1.82) is 0 Å². The summed E-state index contributed by atoms with van der Waals surface area (Å²) in [5.41, 5.74) is 6.38. The zero-order valence-electron chi connectivity index (χ0n) is 9.33. The Bertz CT molecular complexity index is 439. The molecule has 2 N–H and O–H groups in total. The van der Waals surface area contributed by atoms with Gasteiger partial charge in [-0.25, -0.2) is 4.39 Å². The number of halogens is 2. The summed E-state index contributed by atoms with van der Waals surface area (Å²) >= 11 is 8.39. The third kappa shape index (κ3) is 3.03. The van der Waals surface area contributed by atoms with Crippen molar-refractivity contribution in [2.75, 3.05) is 6.54 Å². The van der Waals surface area contributed by atoms with E-state index >= 15 is 0 Å². The van der Waals surface area contributed by atoms with Gasteiger partial charge in [0.25, 0.3) is 0 Å². The highest BCUT2D eigenvalue weighted by atomic mass is 79.9. The Morgan fingerprint density at radius 3 is 3.06 bits per heavy atom. The molecule has 1 aliphatic heterocycles. The summed E-state index contributed by atoms with van der Waals surface area (Å²) in [5, 5.41) is 0. The second kappa shape index (κ2) is 5.42. The van der Waals surface area contributed by atoms with Gasteiger partial charge in [0.05, 0.1) is 11.0 Å². The molecule has 1 heterocycles. The van der Waals surface area contributed by atoms with Crippen molar-refractivity contribution in [3.05, 3.63) is 34.1 Å². The fourth-order valence-corrected chi connectivity index (χ4v) is 2.90. The van der Waals surface area contributed by atoms with Gasteiger partial charge in [0.15, 0.2) is 0 Å². The van der Waals surface area contributed by atoms with Crippen molar-refractivity contribution in [3.8, 4) is 0 Å². The van der Waals surface area contributed by atoms with E-state index in [2.05, 4.69) is 20.8 Å². The van der Waals surface area contributed by atoms with Crippen molar-refractivity contribution in [2.45, 2.75) is 25.4 Å². The van der Waals surface area contributed by atoms with E-state index in [1.54, 1.807) is 6.07 Å². The zero-order valence-corrected chi connectivity index (χ0v) is 11.7. The molecule has 0 aromatic heterocycles. The Hall–Kier alpha value is -0.520. The fourth-order valence-electron chi connectivity index (χ4n) is 2.22. The van der Waals surface area contributed by atoms with E-state index in [4.69, 9.17) is 18.0 Å². The number of thiocarbonyl (C=S) groups is 1. The molecule has 0 saturated carbocycles. The van der Waals surface area contributed by atoms with Gasteiger partial charge in [-0.2, -0.15) is 0 Å². The van der Waals surface area contributed by atoms with Gasteiger partial charge in [-0.3, -0.25) is 4.90 Å². The molecule has 1 aromatic carbocycles. The van der Waals surface area contributed by atoms with Gasteiger partial charge in [-0.15, -0.1) is 0 Å². The number of rotatable bonds is 3. The maximum Gasteiger partial charge on any atom is 0.127 e. The molecule has 0 amide bonds. The highest BCUT2D eigenvalue weighted by Gasteiger charge is 2.27. The van der Waals surface area contributed by atoms with E-state index in [-0.39, 0.29) is 11.9 Å².